The molecule has 0 saturated heterocycles. The Balaban J connectivity index is 2.01. The molecular weight excluding hydrogens is 336 g/mol. The van der Waals surface area contributed by atoms with Crippen molar-refractivity contribution in [3.05, 3.63) is 44.3 Å². The molecular formula is C15H19BrN2OS. The molecule has 1 heterocycles. The summed E-state index contributed by atoms with van der Waals surface area (Å²) >= 11 is 5.16. The second-order valence-corrected chi connectivity index (χ2v) is 6.55. The average Bonchev–Trinajstić information content (AvgIpc) is 2.84. The second kappa shape index (κ2) is 7.76. The number of benzene rings is 1. The summed E-state index contributed by atoms with van der Waals surface area (Å²) < 4.78 is 6.98. The zero-order chi connectivity index (χ0) is 14.4. The molecule has 0 spiro atoms. The monoisotopic (exact) mass is 354 g/mol. The molecule has 1 N–H and O–H groups in total. The van der Waals surface area contributed by atoms with E-state index < -0.39 is 0 Å². The van der Waals surface area contributed by atoms with Crippen LogP contribution in [-0.4, -0.2) is 11.5 Å². The van der Waals surface area contributed by atoms with Crippen LogP contribution in [0.3, 0.4) is 0 Å². The number of ether oxygens (including phenoxy) is 1. The molecule has 108 valence electrons. The molecule has 5 heteroatoms. The third kappa shape index (κ3) is 4.58. The Labute approximate surface area is 132 Å². The summed E-state index contributed by atoms with van der Waals surface area (Å²) in [5.74, 6) is 0.919. The van der Waals surface area contributed by atoms with Crippen molar-refractivity contribution in [3.63, 3.8) is 0 Å². The molecule has 0 fully saturated rings. The summed E-state index contributed by atoms with van der Waals surface area (Å²) in [6.45, 7) is 6.52. The van der Waals surface area contributed by atoms with Crippen molar-refractivity contribution in [3.8, 4) is 5.75 Å². The number of thiazole rings is 1. The predicted octanol–water partition coefficient (Wildman–Crippen LogP) is 4.29. The third-order valence-corrected chi connectivity index (χ3v) is 4.12. The van der Waals surface area contributed by atoms with Crippen molar-refractivity contribution in [2.75, 3.05) is 6.54 Å². The molecule has 0 bridgehead atoms. The number of nitrogens with zero attached hydrogens (tertiary/aromatic N) is 1. The van der Waals surface area contributed by atoms with Gasteiger partial charge in [0, 0.05) is 22.0 Å². The molecule has 0 aliphatic heterocycles. The predicted molar refractivity (Wildman–Crippen MR) is 87.3 cm³/mol. The van der Waals surface area contributed by atoms with Crippen molar-refractivity contribution >= 4 is 27.3 Å². The number of nitrogens with one attached hydrogen (secondary N) is 1. The fraction of sp³-hybridized carbons (Fsp3) is 0.400. The highest BCUT2D eigenvalue weighted by Gasteiger charge is 2.06. The highest BCUT2D eigenvalue weighted by atomic mass is 79.9. The van der Waals surface area contributed by atoms with E-state index in [-0.39, 0.29) is 0 Å². The van der Waals surface area contributed by atoms with Crippen LogP contribution in [0.2, 0.25) is 0 Å². The summed E-state index contributed by atoms with van der Waals surface area (Å²) in [5, 5.41) is 6.53. The zero-order valence-electron chi connectivity index (χ0n) is 11.8. The minimum absolute atomic E-state index is 0.521. The smallest absolute Gasteiger partial charge is 0.131 e. The molecule has 2 rings (SSSR count). The Morgan fingerprint density at radius 3 is 2.95 bits per heavy atom. The quantitative estimate of drug-likeness (QED) is 0.753. The highest BCUT2D eigenvalue weighted by Crippen LogP contribution is 2.24. The summed E-state index contributed by atoms with van der Waals surface area (Å²) in [6, 6.07) is 6.11. The molecule has 0 aliphatic carbocycles. The molecule has 0 aliphatic rings. The van der Waals surface area contributed by atoms with E-state index in [0.717, 1.165) is 40.4 Å². The van der Waals surface area contributed by atoms with Gasteiger partial charge in [0.05, 0.1) is 10.7 Å². The van der Waals surface area contributed by atoms with Crippen LogP contribution in [0.15, 0.2) is 28.1 Å². The lowest BCUT2D eigenvalue weighted by Gasteiger charge is -2.12. The Morgan fingerprint density at radius 1 is 1.40 bits per heavy atom. The number of hydrogen-bond donors (Lipinski definition) is 1. The van der Waals surface area contributed by atoms with Crippen molar-refractivity contribution < 1.29 is 4.74 Å². The van der Waals surface area contributed by atoms with Crippen molar-refractivity contribution in [2.24, 2.45) is 0 Å². The highest BCUT2D eigenvalue weighted by molar-refractivity contribution is 9.10. The van der Waals surface area contributed by atoms with Gasteiger partial charge in [-0.25, -0.2) is 4.98 Å². The first kappa shape index (κ1) is 15.5. The fourth-order valence-corrected chi connectivity index (χ4v) is 2.86. The van der Waals surface area contributed by atoms with Gasteiger partial charge in [-0.3, -0.25) is 0 Å². The van der Waals surface area contributed by atoms with Crippen LogP contribution in [0.25, 0.3) is 0 Å². The van der Waals surface area contributed by atoms with Gasteiger partial charge in [0.25, 0.3) is 0 Å². The van der Waals surface area contributed by atoms with Crippen LogP contribution < -0.4 is 10.1 Å². The van der Waals surface area contributed by atoms with E-state index in [4.69, 9.17) is 4.74 Å². The van der Waals surface area contributed by atoms with E-state index in [0.29, 0.717) is 6.61 Å². The summed E-state index contributed by atoms with van der Waals surface area (Å²) in [6.07, 6.45) is 1.13. The number of halogens is 1. The third-order valence-electron chi connectivity index (χ3n) is 2.81. The molecule has 0 radical (unpaired) electrons. The van der Waals surface area contributed by atoms with Gasteiger partial charge in [-0.15, -0.1) is 11.3 Å². The van der Waals surface area contributed by atoms with E-state index in [1.165, 1.54) is 5.56 Å². The summed E-state index contributed by atoms with van der Waals surface area (Å²) in [7, 11) is 0. The van der Waals surface area contributed by atoms with E-state index in [2.05, 4.69) is 39.2 Å². The lowest BCUT2D eigenvalue weighted by Crippen LogP contribution is -2.14. The standard InChI is InChI=1S/C15H19BrN2OS/c1-3-6-17-8-12-7-13(16)4-5-15(12)19-9-14-10-20-11(2)18-14/h4-5,7,10,17H,3,6,8-9H2,1-2H3. The van der Waals surface area contributed by atoms with Gasteiger partial charge in [0.2, 0.25) is 0 Å². The minimum Gasteiger partial charge on any atom is -0.487 e. The van der Waals surface area contributed by atoms with Gasteiger partial charge >= 0.3 is 0 Å². The molecule has 0 unspecified atom stereocenters. The van der Waals surface area contributed by atoms with Gasteiger partial charge in [0.15, 0.2) is 0 Å². The second-order valence-electron chi connectivity index (χ2n) is 4.58. The van der Waals surface area contributed by atoms with E-state index in [1.54, 1.807) is 11.3 Å². The van der Waals surface area contributed by atoms with Gasteiger partial charge < -0.3 is 10.1 Å². The molecule has 20 heavy (non-hydrogen) atoms. The van der Waals surface area contributed by atoms with E-state index in [9.17, 15) is 0 Å². The van der Waals surface area contributed by atoms with Crippen LogP contribution >= 0.6 is 27.3 Å². The van der Waals surface area contributed by atoms with Gasteiger partial charge in [-0.1, -0.05) is 22.9 Å². The average molecular weight is 355 g/mol. The van der Waals surface area contributed by atoms with Crippen LogP contribution in [0.4, 0.5) is 0 Å². The lowest BCUT2D eigenvalue weighted by molar-refractivity contribution is 0.298. The van der Waals surface area contributed by atoms with Crippen LogP contribution in [0.5, 0.6) is 5.75 Å². The Bertz CT molecular complexity index is 557. The number of aryl methyl sites for hydroxylation is 1. The molecule has 3 nitrogen and oxygen atoms in total. The lowest BCUT2D eigenvalue weighted by atomic mass is 10.2. The Morgan fingerprint density at radius 2 is 2.25 bits per heavy atom. The van der Waals surface area contributed by atoms with Crippen LogP contribution in [-0.2, 0) is 13.2 Å². The first-order valence-corrected chi connectivity index (χ1v) is 8.39. The Kier molecular flexibility index (Phi) is 6.01. The summed E-state index contributed by atoms with van der Waals surface area (Å²) in [4.78, 5) is 4.42. The zero-order valence-corrected chi connectivity index (χ0v) is 14.2. The molecule has 1 aromatic heterocycles. The van der Waals surface area contributed by atoms with Gasteiger partial charge in [-0.05, 0) is 38.1 Å². The number of rotatable bonds is 7. The maximum absolute atomic E-state index is 5.91. The van der Waals surface area contributed by atoms with Crippen molar-refractivity contribution in [1.29, 1.82) is 0 Å². The maximum atomic E-state index is 5.91. The normalized spacial score (nSPS) is 10.8. The van der Waals surface area contributed by atoms with Crippen LogP contribution in [0, 0.1) is 6.92 Å². The van der Waals surface area contributed by atoms with E-state index in [1.807, 2.05) is 24.4 Å². The van der Waals surface area contributed by atoms with Gasteiger partial charge in [-0.2, -0.15) is 0 Å². The summed E-state index contributed by atoms with van der Waals surface area (Å²) in [5.41, 5.74) is 2.16. The first-order valence-electron chi connectivity index (χ1n) is 6.72. The topological polar surface area (TPSA) is 34.1 Å². The fourth-order valence-electron chi connectivity index (χ4n) is 1.85. The SMILES string of the molecule is CCCNCc1cc(Br)ccc1OCc1csc(C)n1. The molecule has 0 amide bonds. The van der Waals surface area contributed by atoms with E-state index >= 15 is 0 Å². The minimum atomic E-state index is 0.521. The first-order chi connectivity index (χ1) is 9.69. The number of hydrogen-bond acceptors (Lipinski definition) is 4. The molecule has 0 saturated carbocycles. The molecule has 1 aromatic carbocycles. The number of aromatic nitrogens is 1. The molecule has 0 atom stereocenters. The van der Waals surface area contributed by atoms with Gasteiger partial charge in [0.1, 0.15) is 12.4 Å². The maximum Gasteiger partial charge on any atom is 0.131 e. The molecule has 2 aromatic rings. The van der Waals surface area contributed by atoms with Crippen molar-refractivity contribution in [1.82, 2.24) is 10.3 Å². The Hall–Kier alpha value is -0.910. The van der Waals surface area contributed by atoms with Crippen LogP contribution in [0.1, 0.15) is 29.6 Å². The largest absolute Gasteiger partial charge is 0.487 e. The van der Waals surface area contributed by atoms with Crippen molar-refractivity contribution in [2.45, 2.75) is 33.4 Å².